The molecule has 0 fully saturated rings. The van der Waals surface area contributed by atoms with Gasteiger partial charge in [-0.05, 0) is 66.4 Å². The zero-order chi connectivity index (χ0) is 40.6. The lowest BCUT2D eigenvalue weighted by Gasteiger charge is -2.21. The van der Waals surface area contributed by atoms with Gasteiger partial charge in [0.25, 0.3) is 30.4 Å². The summed E-state index contributed by atoms with van der Waals surface area (Å²) < 4.78 is 108. The van der Waals surface area contributed by atoms with E-state index in [4.69, 9.17) is 16.9 Å². The van der Waals surface area contributed by atoms with Crippen molar-refractivity contribution in [3.63, 3.8) is 0 Å². The lowest BCUT2D eigenvalue weighted by molar-refractivity contribution is -0.432. The van der Waals surface area contributed by atoms with E-state index < -0.39 is 62.2 Å². The van der Waals surface area contributed by atoms with Crippen LogP contribution in [0, 0.1) is 0 Å². The molecule has 6 rings (SSSR count). The Kier molecular flexibility index (Phi) is 11.4. The number of anilines is 4. The molecule has 25 heteroatoms. The Morgan fingerprint density at radius 1 is 0.839 bits per heavy atom. The molecule has 56 heavy (non-hydrogen) atoms. The summed E-state index contributed by atoms with van der Waals surface area (Å²) in [6.07, 6.45) is 0. The zero-order valence-corrected chi connectivity index (χ0v) is 31.9. The van der Waals surface area contributed by atoms with Crippen LogP contribution in [0.15, 0.2) is 109 Å². The number of hydrogen-bond donors (Lipinski definition) is 6. The fourth-order valence-corrected chi connectivity index (χ4v) is 8.30. The van der Waals surface area contributed by atoms with Crippen LogP contribution in [0.5, 0.6) is 5.75 Å². The molecule has 1 heterocycles. The standard InChI is InChI=1S/C31H24ClN7O13S4/c1-2-39(17-7-4-3-5-8-17)31-35-29(32)34-30(36-31)33-22-15-18(54(42,43)44)13-16-14-23(53-52-51-41)26(27(40)25(16)22)38-37-21-12-11-19-20(28(21)56(48,49)50)9-6-10-24(19)55(45,46)47/h3-15,40-41H,2H2,1H3,(H,42,43,44)(H,45,46,47)(H,48,49,50)(H,33,34,35,36). The molecule has 0 aliphatic carbocycles. The van der Waals surface area contributed by atoms with E-state index in [1.807, 2.05) is 13.0 Å². The van der Waals surface area contributed by atoms with Crippen LogP contribution in [0.25, 0.3) is 21.5 Å². The van der Waals surface area contributed by atoms with Crippen molar-refractivity contribution in [2.75, 3.05) is 16.8 Å². The molecule has 0 aliphatic rings. The topological polar surface area (TPSA) is 301 Å². The molecule has 0 amide bonds. The number of para-hydroxylation sites is 1. The molecule has 0 unspecified atom stereocenters. The second-order valence-corrected chi connectivity index (χ2v) is 16.4. The van der Waals surface area contributed by atoms with Gasteiger partial charge in [-0.1, -0.05) is 41.4 Å². The van der Waals surface area contributed by atoms with Gasteiger partial charge in [0.1, 0.15) is 21.2 Å². The van der Waals surface area contributed by atoms with Gasteiger partial charge in [0, 0.05) is 28.4 Å². The van der Waals surface area contributed by atoms with Crippen LogP contribution in [0.2, 0.25) is 5.28 Å². The number of phenols is 1. The minimum atomic E-state index is -5.19. The van der Waals surface area contributed by atoms with E-state index >= 15 is 0 Å². The van der Waals surface area contributed by atoms with Gasteiger partial charge >= 0.3 is 0 Å². The molecule has 0 spiro atoms. The number of rotatable bonds is 13. The average molecular weight is 866 g/mol. The van der Waals surface area contributed by atoms with Crippen molar-refractivity contribution in [2.45, 2.75) is 26.5 Å². The van der Waals surface area contributed by atoms with E-state index in [0.29, 0.717) is 12.2 Å². The Balaban J connectivity index is 1.56. The number of hydrogen-bond acceptors (Lipinski definition) is 18. The summed E-state index contributed by atoms with van der Waals surface area (Å²) in [7, 11) is -15.0. The van der Waals surface area contributed by atoms with Crippen molar-refractivity contribution in [1.29, 1.82) is 0 Å². The van der Waals surface area contributed by atoms with Crippen LogP contribution in [-0.4, -0.2) is 70.8 Å². The van der Waals surface area contributed by atoms with Crippen LogP contribution < -0.4 is 10.2 Å². The molecule has 20 nitrogen and oxygen atoms in total. The summed E-state index contributed by atoms with van der Waals surface area (Å²) in [5.41, 5.74) is -0.659. The van der Waals surface area contributed by atoms with Crippen LogP contribution in [-0.2, 0) is 39.7 Å². The molecular weight excluding hydrogens is 842 g/mol. The van der Waals surface area contributed by atoms with Crippen LogP contribution in [0.3, 0.4) is 0 Å². The summed E-state index contributed by atoms with van der Waals surface area (Å²) >= 11 is 6.49. The van der Waals surface area contributed by atoms with Crippen LogP contribution in [0.4, 0.5) is 34.6 Å². The third-order valence-corrected chi connectivity index (χ3v) is 11.3. The SMILES string of the molecule is CCN(c1ccccc1)c1nc(Cl)nc(Nc2cc(S(=O)(=O)O)cc3cc(SOOO)c(N=Nc4ccc5c(S(=O)(=O)O)cccc5c4S(=O)(=O)O)c(O)c23)n1. The maximum absolute atomic E-state index is 12.6. The Hall–Kier alpha value is -5.12. The molecule has 5 aromatic carbocycles. The second kappa shape index (κ2) is 15.8. The second-order valence-electron chi connectivity index (χ2n) is 11.2. The van der Waals surface area contributed by atoms with Crippen molar-refractivity contribution in [2.24, 2.45) is 10.2 Å². The first-order chi connectivity index (χ1) is 26.4. The fourth-order valence-electron chi connectivity index (χ4n) is 5.57. The summed E-state index contributed by atoms with van der Waals surface area (Å²) in [5.74, 6) is -0.967. The smallest absolute Gasteiger partial charge is 0.297 e. The number of fused-ring (bicyclic) bond motifs is 2. The predicted molar refractivity (Wildman–Crippen MR) is 201 cm³/mol. The van der Waals surface area contributed by atoms with Crippen molar-refractivity contribution in [3.05, 3.63) is 84.1 Å². The maximum atomic E-state index is 12.6. The average Bonchev–Trinajstić information content (AvgIpc) is 3.12. The molecule has 6 aromatic rings. The van der Waals surface area contributed by atoms with E-state index in [1.165, 1.54) is 0 Å². The number of aromatic nitrogens is 3. The van der Waals surface area contributed by atoms with Gasteiger partial charge < -0.3 is 15.3 Å². The Morgan fingerprint density at radius 3 is 2.21 bits per heavy atom. The minimum absolute atomic E-state index is 0.0729. The summed E-state index contributed by atoms with van der Waals surface area (Å²) in [4.78, 5) is 11.8. The highest BCUT2D eigenvalue weighted by Gasteiger charge is 2.26. The Bertz CT molecular complexity index is 2890. The number of nitrogens with zero attached hydrogens (tertiary/aromatic N) is 6. The third kappa shape index (κ3) is 8.49. The Labute approximate surface area is 325 Å². The van der Waals surface area contributed by atoms with Gasteiger partial charge in [0.15, 0.2) is 5.75 Å². The fraction of sp³-hybridized carbons (Fsp3) is 0.0645. The summed E-state index contributed by atoms with van der Waals surface area (Å²) in [6.45, 7) is 2.20. The van der Waals surface area contributed by atoms with Crippen LogP contribution >= 0.6 is 23.6 Å². The molecular formula is C31H24ClN7O13S4. The molecule has 0 saturated carbocycles. The third-order valence-electron chi connectivity index (χ3n) is 7.79. The molecule has 1 aromatic heterocycles. The summed E-state index contributed by atoms with van der Waals surface area (Å²) in [5, 5.41) is 33.7. The van der Waals surface area contributed by atoms with E-state index in [1.54, 1.807) is 29.2 Å². The normalized spacial score (nSPS) is 12.5. The largest absolute Gasteiger partial charge is 0.505 e. The van der Waals surface area contributed by atoms with Crippen LogP contribution in [0.1, 0.15) is 6.92 Å². The number of phenolic OH excluding ortho intramolecular Hbond substituents is 1. The number of aromatic hydroxyl groups is 1. The minimum Gasteiger partial charge on any atom is -0.505 e. The lowest BCUT2D eigenvalue weighted by atomic mass is 10.1. The molecule has 0 aliphatic heterocycles. The predicted octanol–water partition coefficient (Wildman–Crippen LogP) is 7.02. The monoisotopic (exact) mass is 865 g/mol. The molecule has 0 bridgehead atoms. The van der Waals surface area contributed by atoms with E-state index in [0.717, 1.165) is 48.5 Å². The van der Waals surface area contributed by atoms with E-state index in [-0.39, 0.29) is 61.4 Å². The maximum Gasteiger partial charge on any atom is 0.297 e. The van der Waals surface area contributed by atoms with Gasteiger partial charge in [-0.3, -0.25) is 13.7 Å². The van der Waals surface area contributed by atoms with Gasteiger partial charge in [-0.2, -0.15) is 40.2 Å². The number of nitrogens with one attached hydrogen (secondary N) is 1. The molecule has 292 valence electrons. The first-order valence-corrected chi connectivity index (χ1v) is 20.7. The molecule has 0 atom stereocenters. The van der Waals surface area contributed by atoms with Gasteiger partial charge in [-0.25, -0.2) is 5.26 Å². The quantitative estimate of drug-likeness (QED) is 0.0223. The van der Waals surface area contributed by atoms with Crippen molar-refractivity contribution in [1.82, 2.24) is 15.0 Å². The molecule has 0 saturated heterocycles. The summed E-state index contributed by atoms with van der Waals surface area (Å²) in [6, 6.07) is 17.3. The number of halogens is 1. The first-order valence-electron chi connectivity index (χ1n) is 15.3. The number of azo groups is 1. The van der Waals surface area contributed by atoms with E-state index in [2.05, 4.69) is 39.9 Å². The van der Waals surface area contributed by atoms with Crippen molar-refractivity contribution < 1.29 is 58.6 Å². The highest BCUT2D eigenvalue weighted by atomic mass is 35.5. The van der Waals surface area contributed by atoms with Crippen molar-refractivity contribution in [3.8, 4) is 5.75 Å². The van der Waals surface area contributed by atoms with Gasteiger partial charge in [-0.15, -0.1) is 14.6 Å². The van der Waals surface area contributed by atoms with Gasteiger partial charge in [0.2, 0.25) is 17.2 Å². The number of benzene rings is 5. The van der Waals surface area contributed by atoms with E-state index in [9.17, 15) is 44.0 Å². The highest BCUT2D eigenvalue weighted by Crippen LogP contribution is 2.48. The zero-order valence-electron chi connectivity index (χ0n) is 27.9. The van der Waals surface area contributed by atoms with Crippen molar-refractivity contribution >= 4 is 110 Å². The Morgan fingerprint density at radius 2 is 1.57 bits per heavy atom. The molecule has 0 radical (unpaired) electrons. The molecule has 6 N–H and O–H groups in total. The highest BCUT2D eigenvalue weighted by molar-refractivity contribution is 7.94. The lowest BCUT2D eigenvalue weighted by Crippen LogP contribution is -2.19. The first kappa shape index (κ1) is 40.5. The van der Waals surface area contributed by atoms with Gasteiger partial charge in [0.05, 0.1) is 27.5 Å².